The van der Waals surface area contributed by atoms with Gasteiger partial charge in [0, 0.05) is 11.1 Å². The lowest BCUT2D eigenvalue weighted by Gasteiger charge is -2.13. The van der Waals surface area contributed by atoms with Gasteiger partial charge in [-0.05, 0) is 26.0 Å². The van der Waals surface area contributed by atoms with E-state index in [4.69, 9.17) is 4.74 Å². The first-order valence-electron chi connectivity index (χ1n) is 6.46. The van der Waals surface area contributed by atoms with Crippen molar-refractivity contribution < 1.29 is 4.74 Å². The third-order valence-corrected chi connectivity index (χ3v) is 2.86. The van der Waals surface area contributed by atoms with Crippen LogP contribution in [0.15, 0.2) is 72.8 Å². The Balaban J connectivity index is 2.24. The van der Waals surface area contributed by atoms with Gasteiger partial charge in [0.15, 0.2) is 0 Å². The van der Waals surface area contributed by atoms with Crippen LogP contribution >= 0.6 is 0 Å². The topological polar surface area (TPSA) is 9.23 Å². The molecule has 0 aliphatic carbocycles. The molecule has 2 aromatic carbocycles. The number of hydrogen-bond acceptors (Lipinski definition) is 1. The van der Waals surface area contributed by atoms with E-state index >= 15 is 0 Å². The molecule has 0 N–H and O–H groups in total. The molecular weight excluding hydrogens is 232 g/mol. The smallest absolute Gasteiger partial charge is 0.130 e. The van der Waals surface area contributed by atoms with E-state index in [1.165, 1.54) is 0 Å². The van der Waals surface area contributed by atoms with Crippen LogP contribution in [0, 0.1) is 0 Å². The van der Waals surface area contributed by atoms with Crippen LogP contribution in [-0.2, 0) is 4.74 Å². The van der Waals surface area contributed by atoms with Crippen LogP contribution in [0.1, 0.15) is 25.0 Å². The molecular formula is C18H18O. The van der Waals surface area contributed by atoms with Gasteiger partial charge in [0.05, 0.1) is 0 Å². The molecule has 1 heteroatoms. The number of hydrogen-bond donors (Lipinski definition) is 0. The van der Waals surface area contributed by atoms with Gasteiger partial charge in [0.2, 0.25) is 0 Å². The van der Waals surface area contributed by atoms with Crippen molar-refractivity contribution in [3.8, 4) is 0 Å². The van der Waals surface area contributed by atoms with E-state index < -0.39 is 0 Å². The fourth-order valence-electron chi connectivity index (χ4n) is 1.89. The minimum absolute atomic E-state index is 0.873. The molecule has 0 saturated carbocycles. The van der Waals surface area contributed by atoms with Gasteiger partial charge in [0.25, 0.3) is 0 Å². The van der Waals surface area contributed by atoms with E-state index in [-0.39, 0.29) is 0 Å². The summed E-state index contributed by atoms with van der Waals surface area (Å²) in [5.74, 6) is 1.75. The lowest BCUT2D eigenvalue weighted by Crippen LogP contribution is -1.93. The highest BCUT2D eigenvalue weighted by Gasteiger charge is 2.06. The molecule has 0 unspecified atom stereocenters. The van der Waals surface area contributed by atoms with Gasteiger partial charge >= 0.3 is 0 Å². The van der Waals surface area contributed by atoms with E-state index in [1.54, 1.807) is 0 Å². The maximum Gasteiger partial charge on any atom is 0.130 e. The minimum atomic E-state index is 0.873. The highest BCUT2D eigenvalue weighted by Crippen LogP contribution is 2.24. The second kappa shape index (κ2) is 6.60. The summed E-state index contributed by atoms with van der Waals surface area (Å²) in [6, 6.07) is 20.3. The monoisotopic (exact) mass is 250 g/mol. The van der Waals surface area contributed by atoms with E-state index in [0.717, 1.165) is 22.6 Å². The van der Waals surface area contributed by atoms with Crippen LogP contribution in [0.25, 0.3) is 11.5 Å². The summed E-state index contributed by atoms with van der Waals surface area (Å²) < 4.78 is 6.04. The second-order valence-electron chi connectivity index (χ2n) is 4.14. The molecule has 0 aliphatic heterocycles. The normalized spacial score (nSPS) is 12.3. The molecule has 0 heterocycles. The van der Waals surface area contributed by atoms with Gasteiger partial charge < -0.3 is 4.74 Å². The van der Waals surface area contributed by atoms with Crippen molar-refractivity contribution in [3.63, 3.8) is 0 Å². The molecule has 0 amide bonds. The maximum atomic E-state index is 6.04. The molecule has 0 fully saturated rings. The fourth-order valence-corrected chi connectivity index (χ4v) is 1.89. The number of allylic oxidation sites excluding steroid dienone is 2. The summed E-state index contributed by atoms with van der Waals surface area (Å²) in [5, 5.41) is 0. The van der Waals surface area contributed by atoms with Crippen LogP contribution < -0.4 is 0 Å². The van der Waals surface area contributed by atoms with Gasteiger partial charge in [-0.15, -0.1) is 0 Å². The lowest BCUT2D eigenvalue weighted by molar-refractivity contribution is 0.469. The van der Waals surface area contributed by atoms with Crippen molar-refractivity contribution in [2.24, 2.45) is 0 Å². The average Bonchev–Trinajstić information content (AvgIpc) is 2.50. The van der Waals surface area contributed by atoms with Crippen LogP contribution in [0.2, 0.25) is 0 Å². The molecule has 0 aliphatic rings. The van der Waals surface area contributed by atoms with Crippen molar-refractivity contribution >= 4 is 11.5 Å². The second-order valence-corrected chi connectivity index (χ2v) is 4.14. The Hall–Kier alpha value is -2.28. The van der Waals surface area contributed by atoms with Crippen molar-refractivity contribution in [3.05, 3.63) is 83.9 Å². The van der Waals surface area contributed by atoms with Gasteiger partial charge in [-0.2, -0.15) is 0 Å². The first-order chi connectivity index (χ1) is 9.35. The number of ether oxygens (including phenoxy) is 1. The molecule has 19 heavy (non-hydrogen) atoms. The van der Waals surface area contributed by atoms with Gasteiger partial charge in [-0.3, -0.25) is 0 Å². The van der Waals surface area contributed by atoms with Crippen LogP contribution in [-0.4, -0.2) is 0 Å². The molecule has 0 radical (unpaired) electrons. The third-order valence-electron chi connectivity index (χ3n) is 2.86. The summed E-state index contributed by atoms with van der Waals surface area (Å²) >= 11 is 0. The molecule has 1 nitrogen and oxygen atoms in total. The highest BCUT2D eigenvalue weighted by atomic mass is 16.5. The zero-order chi connectivity index (χ0) is 13.5. The summed E-state index contributed by atoms with van der Waals surface area (Å²) in [6.07, 6.45) is 3.98. The first kappa shape index (κ1) is 13.2. The maximum absolute atomic E-state index is 6.04. The van der Waals surface area contributed by atoms with E-state index in [0.29, 0.717) is 0 Å². The average molecular weight is 250 g/mol. The van der Waals surface area contributed by atoms with Gasteiger partial charge in [-0.1, -0.05) is 60.7 Å². The Bertz CT molecular complexity index is 512. The Morgan fingerprint density at radius 3 is 1.37 bits per heavy atom. The summed E-state index contributed by atoms with van der Waals surface area (Å²) in [4.78, 5) is 0. The zero-order valence-electron chi connectivity index (χ0n) is 11.3. The molecule has 0 bridgehead atoms. The molecule has 2 aromatic rings. The molecule has 0 spiro atoms. The van der Waals surface area contributed by atoms with Crippen molar-refractivity contribution in [2.75, 3.05) is 0 Å². The molecule has 0 saturated heterocycles. The van der Waals surface area contributed by atoms with Crippen molar-refractivity contribution in [1.82, 2.24) is 0 Å². The van der Waals surface area contributed by atoms with Crippen LogP contribution in [0.5, 0.6) is 0 Å². The Morgan fingerprint density at radius 2 is 1.05 bits per heavy atom. The quantitative estimate of drug-likeness (QED) is 0.684. The highest BCUT2D eigenvalue weighted by molar-refractivity contribution is 5.69. The van der Waals surface area contributed by atoms with Gasteiger partial charge in [0.1, 0.15) is 11.5 Å². The SMILES string of the molecule is C/C=C(/O/C(=C/C)c1ccccc1)c1ccccc1. The summed E-state index contributed by atoms with van der Waals surface area (Å²) in [6.45, 7) is 3.97. The van der Waals surface area contributed by atoms with E-state index in [2.05, 4.69) is 0 Å². The van der Waals surface area contributed by atoms with Crippen molar-refractivity contribution in [1.29, 1.82) is 0 Å². The number of rotatable bonds is 4. The van der Waals surface area contributed by atoms with Crippen LogP contribution in [0.3, 0.4) is 0 Å². The predicted octanol–water partition coefficient (Wildman–Crippen LogP) is 5.13. The fraction of sp³-hybridized carbons (Fsp3) is 0.111. The summed E-state index contributed by atoms with van der Waals surface area (Å²) in [5.41, 5.74) is 2.17. The Labute approximate surface area is 114 Å². The first-order valence-corrected chi connectivity index (χ1v) is 6.46. The standard InChI is InChI=1S/C18H18O/c1-3-17(15-11-7-5-8-12-15)19-18(4-2)16-13-9-6-10-14-16/h3-14H,1-2H3/b17-3+,18-4+. The summed E-state index contributed by atoms with van der Waals surface area (Å²) in [7, 11) is 0. The largest absolute Gasteiger partial charge is 0.457 e. The minimum Gasteiger partial charge on any atom is -0.457 e. The predicted molar refractivity (Wildman–Crippen MR) is 81.3 cm³/mol. The molecule has 2 rings (SSSR count). The molecule has 0 atom stereocenters. The van der Waals surface area contributed by atoms with E-state index in [1.807, 2.05) is 86.7 Å². The van der Waals surface area contributed by atoms with Gasteiger partial charge in [-0.25, -0.2) is 0 Å². The molecule has 96 valence electrons. The molecule has 0 aromatic heterocycles. The zero-order valence-corrected chi connectivity index (χ0v) is 11.3. The Kier molecular flexibility index (Phi) is 4.57. The Morgan fingerprint density at radius 1 is 0.684 bits per heavy atom. The lowest BCUT2D eigenvalue weighted by atomic mass is 10.1. The van der Waals surface area contributed by atoms with E-state index in [9.17, 15) is 0 Å². The van der Waals surface area contributed by atoms with Crippen molar-refractivity contribution in [2.45, 2.75) is 13.8 Å². The third kappa shape index (κ3) is 3.35. The van der Waals surface area contributed by atoms with Crippen LogP contribution in [0.4, 0.5) is 0 Å². The number of benzene rings is 2.